The van der Waals surface area contributed by atoms with Crippen molar-refractivity contribution >= 4 is 0 Å². The van der Waals surface area contributed by atoms with Crippen LogP contribution in [0.1, 0.15) is 50.3 Å². The van der Waals surface area contributed by atoms with Crippen molar-refractivity contribution in [1.29, 1.82) is 0 Å². The van der Waals surface area contributed by atoms with Gasteiger partial charge < -0.3 is 10.1 Å². The van der Waals surface area contributed by atoms with Gasteiger partial charge in [0.15, 0.2) is 0 Å². The van der Waals surface area contributed by atoms with Crippen LogP contribution in [0.25, 0.3) is 0 Å². The lowest BCUT2D eigenvalue weighted by molar-refractivity contribution is -0.138. The Hall–Kier alpha value is -1.14. The summed E-state index contributed by atoms with van der Waals surface area (Å²) in [4.78, 5) is 3.86. The molecule has 0 fully saturated rings. The van der Waals surface area contributed by atoms with Crippen molar-refractivity contribution in [1.82, 2.24) is 10.3 Å². The molecule has 1 rings (SSSR count). The lowest BCUT2D eigenvalue weighted by Crippen LogP contribution is -2.25. The van der Waals surface area contributed by atoms with Crippen molar-refractivity contribution in [2.24, 2.45) is 0 Å². The molecule has 0 saturated carbocycles. The topological polar surface area (TPSA) is 34.1 Å². The summed E-state index contributed by atoms with van der Waals surface area (Å²) in [5, 5.41) is 3.18. The van der Waals surface area contributed by atoms with E-state index in [1.54, 1.807) is 0 Å². The van der Waals surface area contributed by atoms with E-state index < -0.39 is 11.7 Å². The van der Waals surface area contributed by atoms with Crippen molar-refractivity contribution in [3.05, 3.63) is 29.6 Å². The van der Waals surface area contributed by atoms with Crippen molar-refractivity contribution < 1.29 is 17.9 Å². The van der Waals surface area contributed by atoms with E-state index in [-0.39, 0.29) is 11.6 Å². The Morgan fingerprint density at radius 2 is 2.10 bits per heavy atom. The van der Waals surface area contributed by atoms with Gasteiger partial charge in [0.05, 0.1) is 5.56 Å². The van der Waals surface area contributed by atoms with Crippen LogP contribution in [0.5, 0.6) is 0 Å². The van der Waals surface area contributed by atoms with Gasteiger partial charge in [0.25, 0.3) is 0 Å². The normalized spacial score (nSPS) is 13.4. The molecule has 1 N–H and O–H groups in total. The summed E-state index contributed by atoms with van der Waals surface area (Å²) in [6.45, 7) is 5.73. The summed E-state index contributed by atoms with van der Waals surface area (Å²) in [7, 11) is 0. The van der Waals surface area contributed by atoms with Crippen LogP contribution in [0.15, 0.2) is 18.5 Å². The summed E-state index contributed by atoms with van der Waals surface area (Å²) in [6, 6.07) is 0.689. The standard InChI is InChI=1S/C15H23F3N2O/c1-3-8-20-14(6-5-10-21-4-2)12-11-19-9-7-13(12)15(16,17)18/h7,9,11,14,20H,3-6,8,10H2,1-2H3. The van der Waals surface area contributed by atoms with E-state index in [4.69, 9.17) is 4.74 Å². The van der Waals surface area contributed by atoms with Crippen LogP contribution in [0, 0.1) is 0 Å². The van der Waals surface area contributed by atoms with Gasteiger partial charge in [-0.05, 0) is 44.4 Å². The van der Waals surface area contributed by atoms with Crippen molar-refractivity contribution in [3.63, 3.8) is 0 Å². The first-order chi connectivity index (χ1) is 10.0. The number of aromatic nitrogens is 1. The molecule has 1 unspecified atom stereocenters. The minimum absolute atomic E-state index is 0.218. The average molecular weight is 304 g/mol. The molecule has 21 heavy (non-hydrogen) atoms. The highest BCUT2D eigenvalue weighted by molar-refractivity contribution is 5.29. The van der Waals surface area contributed by atoms with Gasteiger partial charge in [-0.3, -0.25) is 4.98 Å². The van der Waals surface area contributed by atoms with Crippen LogP contribution in [0.4, 0.5) is 13.2 Å². The van der Waals surface area contributed by atoms with E-state index in [2.05, 4.69) is 10.3 Å². The second-order valence-electron chi connectivity index (χ2n) is 4.81. The van der Waals surface area contributed by atoms with Crippen LogP contribution in [0.3, 0.4) is 0 Å². The third-order valence-corrected chi connectivity index (χ3v) is 3.16. The maximum Gasteiger partial charge on any atom is 0.416 e. The van der Waals surface area contributed by atoms with Gasteiger partial charge in [0, 0.05) is 31.6 Å². The van der Waals surface area contributed by atoms with Gasteiger partial charge in [-0.25, -0.2) is 0 Å². The van der Waals surface area contributed by atoms with Crippen LogP contribution in [0.2, 0.25) is 0 Å². The summed E-state index contributed by atoms with van der Waals surface area (Å²) in [5.41, 5.74) is -0.391. The molecule has 0 aliphatic heterocycles. The van der Waals surface area contributed by atoms with Crippen molar-refractivity contribution in [2.75, 3.05) is 19.8 Å². The first kappa shape index (κ1) is 17.9. The zero-order valence-electron chi connectivity index (χ0n) is 12.5. The molecule has 0 aliphatic rings. The molecule has 1 atom stereocenters. The SMILES string of the molecule is CCCNC(CCCOCC)c1cnccc1C(F)(F)F. The summed E-state index contributed by atoms with van der Waals surface area (Å²) in [5.74, 6) is 0. The van der Waals surface area contributed by atoms with E-state index in [1.807, 2.05) is 13.8 Å². The second-order valence-corrected chi connectivity index (χ2v) is 4.81. The number of pyridine rings is 1. The molecule has 1 aromatic heterocycles. The molecule has 0 saturated heterocycles. The monoisotopic (exact) mass is 304 g/mol. The fraction of sp³-hybridized carbons (Fsp3) is 0.667. The molecular formula is C15H23F3N2O. The largest absolute Gasteiger partial charge is 0.416 e. The Morgan fingerprint density at radius 3 is 2.71 bits per heavy atom. The number of alkyl halides is 3. The van der Waals surface area contributed by atoms with Gasteiger partial charge in [-0.2, -0.15) is 13.2 Å². The fourth-order valence-corrected chi connectivity index (χ4v) is 2.16. The maximum atomic E-state index is 13.1. The highest BCUT2D eigenvalue weighted by Crippen LogP contribution is 2.35. The molecule has 1 aromatic rings. The highest BCUT2D eigenvalue weighted by atomic mass is 19.4. The number of halogens is 3. The first-order valence-electron chi connectivity index (χ1n) is 7.32. The van der Waals surface area contributed by atoms with Gasteiger partial charge in [0.1, 0.15) is 0 Å². The van der Waals surface area contributed by atoms with E-state index in [0.29, 0.717) is 32.6 Å². The minimum atomic E-state index is -4.36. The summed E-state index contributed by atoms with van der Waals surface area (Å²) < 4.78 is 44.5. The number of ether oxygens (including phenoxy) is 1. The zero-order chi connectivity index (χ0) is 15.7. The van der Waals surface area contributed by atoms with E-state index in [9.17, 15) is 13.2 Å². The van der Waals surface area contributed by atoms with Gasteiger partial charge >= 0.3 is 6.18 Å². The summed E-state index contributed by atoms with van der Waals surface area (Å²) in [6.07, 6.45) is 0.310. The quantitative estimate of drug-likeness (QED) is 0.701. The Labute approximate surface area is 123 Å². The third-order valence-electron chi connectivity index (χ3n) is 3.16. The molecule has 0 amide bonds. The Kier molecular flexibility index (Phi) is 7.67. The van der Waals surface area contributed by atoms with Crippen LogP contribution in [-0.4, -0.2) is 24.7 Å². The van der Waals surface area contributed by atoms with E-state index in [0.717, 1.165) is 12.5 Å². The van der Waals surface area contributed by atoms with Crippen molar-refractivity contribution in [2.45, 2.75) is 45.3 Å². The predicted octanol–water partition coefficient (Wildman–Crippen LogP) is 3.96. The number of nitrogens with zero attached hydrogens (tertiary/aromatic N) is 1. The lowest BCUT2D eigenvalue weighted by Gasteiger charge is -2.22. The molecule has 6 heteroatoms. The van der Waals surface area contributed by atoms with Crippen LogP contribution in [-0.2, 0) is 10.9 Å². The van der Waals surface area contributed by atoms with Crippen LogP contribution < -0.4 is 5.32 Å². The number of rotatable bonds is 9. The number of nitrogens with one attached hydrogen (secondary N) is 1. The van der Waals surface area contributed by atoms with E-state index >= 15 is 0 Å². The molecule has 0 radical (unpaired) electrons. The molecule has 1 heterocycles. The zero-order valence-corrected chi connectivity index (χ0v) is 12.5. The van der Waals surface area contributed by atoms with Crippen molar-refractivity contribution in [3.8, 4) is 0 Å². The van der Waals surface area contributed by atoms with E-state index in [1.165, 1.54) is 12.4 Å². The average Bonchev–Trinajstić information content (AvgIpc) is 2.46. The molecule has 0 aliphatic carbocycles. The third kappa shape index (κ3) is 6.01. The maximum absolute atomic E-state index is 13.1. The lowest BCUT2D eigenvalue weighted by atomic mass is 9.98. The predicted molar refractivity (Wildman–Crippen MR) is 76.0 cm³/mol. The first-order valence-corrected chi connectivity index (χ1v) is 7.32. The number of hydrogen-bond donors (Lipinski definition) is 1. The molecule has 0 aromatic carbocycles. The highest BCUT2D eigenvalue weighted by Gasteiger charge is 2.35. The number of hydrogen-bond acceptors (Lipinski definition) is 3. The smallest absolute Gasteiger partial charge is 0.382 e. The second kappa shape index (κ2) is 9.00. The van der Waals surface area contributed by atoms with Gasteiger partial charge in [0.2, 0.25) is 0 Å². The minimum Gasteiger partial charge on any atom is -0.382 e. The molecular weight excluding hydrogens is 281 g/mol. The Bertz CT molecular complexity index is 410. The van der Waals surface area contributed by atoms with Gasteiger partial charge in [-0.15, -0.1) is 0 Å². The molecule has 120 valence electrons. The Balaban J connectivity index is 2.86. The fourth-order valence-electron chi connectivity index (χ4n) is 2.16. The molecule has 0 spiro atoms. The van der Waals surface area contributed by atoms with Crippen LogP contribution >= 0.6 is 0 Å². The summed E-state index contributed by atoms with van der Waals surface area (Å²) >= 11 is 0. The molecule has 0 bridgehead atoms. The Morgan fingerprint density at radius 1 is 1.33 bits per heavy atom. The molecule has 3 nitrogen and oxygen atoms in total. The van der Waals surface area contributed by atoms with Gasteiger partial charge in [-0.1, -0.05) is 6.92 Å².